The topological polar surface area (TPSA) is 40.5 Å². The molecule has 0 unspecified atom stereocenters. The Bertz CT molecular complexity index is 265. The zero-order chi connectivity index (χ0) is 10.7. The lowest BCUT2D eigenvalue weighted by Gasteiger charge is -2.26. The van der Waals surface area contributed by atoms with E-state index >= 15 is 0 Å². The number of hydrogen-bond acceptors (Lipinski definition) is 2. The molecule has 0 saturated heterocycles. The van der Waals surface area contributed by atoms with E-state index in [1.165, 1.54) is 38.5 Å². The maximum absolute atomic E-state index is 10.8. The summed E-state index contributed by atoms with van der Waals surface area (Å²) in [5.74, 6) is -0.744. The summed E-state index contributed by atoms with van der Waals surface area (Å²) in [6, 6.07) is 0.601. The van der Waals surface area contributed by atoms with Crippen molar-refractivity contribution in [1.82, 2.24) is 4.90 Å². The third-order valence-corrected chi connectivity index (χ3v) is 3.53. The summed E-state index contributed by atoms with van der Waals surface area (Å²) in [6.45, 7) is 0.909. The van der Waals surface area contributed by atoms with E-state index in [1.54, 1.807) is 0 Å². The Balaban J connectivity index is 1.96. The largest absolute Gasteiger partial charge is 0.478 e. The molecule has 0 aromatic heterocycles. The minimum atomic E-state index is -0.744. The SMILES string of the molecule is O=C(O)C1=CN(C2CCCCCC2)CC1. The van der Waals surface area contributed by atoms with Crippen LogP contribution in [-0.4, -0.2) is 28.6 Å². The van der Waals surface area contributed by atoms with Gasteiger partial charge in [-0.1, -0.05) is 25.7 Å². The average Bonchev–Trinajstić information content (AvgIpc) is 2.55. The van der Waals surface area contributed by atoms with Crippen LogP contribution in [0.1, 0.15) is 44.9 Å². The van der Waals surface area contributed by atoms with Gasteiger partial charge in [0.05, 0.1) is 5.57 Å². The second-order valence-electron chi connectivity index (χ2n) is 4.59. The van der Waals surface area contributed by atoms with Gasteiger partial charge in [0, 0.05) is 18.8 Å². The van der Waals surface area contributed by atoms with Crippen LogP contribution in [0.25, 0.3) is 0 Å². The standard InChI is InChI=1S/C12H19NO2/c14-12(15)10-7-8-13(9-10)11-5-3-1-2-4-6-11/h9,11H,1-8H2,(H,14,15). The van der Waals surface area contributed by atoms with Gasteiger partial charge in [-0.2, -0.15) is 0 Å². The van der Waals surface area contributed by atoms with E-state index in [-0.39, 0.29) is 0 Å². The summed E-state index contributed by atoms with van der Waals surface area (Å²) in [4.78, 5) is 13.1. The van der Waals surface area contributed by atoms with Gasteiger partial charge in [-0.3, -0.25) is 0 Å². The Hall–Kier alpha value is -0.990. The lowest BCUT2D eigenvalue weighted by Crippen LogP contribution is -2.28. The molecule has 2 rings (SSSR count). The monoisotopic (exact) mass is 209 g/mol. The minimum Gasteiger partial charge on any atom is -0.478 e. The van der Waals surface area contributed by atoms with Crippen LogP contribution in [0.3, 0.4) is 0 Å². The molecule has 15 heavy (non-hydrogen) atoms. The van der Waals surface area contributed by atoms with Gasteiger partial charge in [0.2, 0.25) is 0 Å². The number of carbonyl (C=O) groups is 1. The fourth-order valence-corrected chi connectivity index (χ4v) is 2.62. The van der Waals surface area contributed by atoms with Gasteiger partial charge in [-0.15, -0.1) is 0 Å². The summed E-state index contributed by atoms with van der Waals surface area (Å²) < 4.78 is 0. The number of carboxylic acid groups (broad SMARTS) is 1. The van der Waals surface area contributed by atoms with Crippen molar-refractivity contribution in [3.63, 3.8) is 0 Å². The molecule has 0 atom stereocenters. The van der Waals surface area contributed by atoms with Gasteiger partial charge < -0.3 is 10.0 Å². The van der Waals surface area contributed by atoms with Crippen molar-refractivity contribution in [2.24, 2.45) is 0 Å². The number of nitrogens with zero attached hydrogens (tertiary/aromatic N) is 1. The molecule has 0 spiro atoms. The van der Waals surface area contributed by atoms with E-state index in [4.69, 9.17) is 5.11 Å². The molecule has 0 bridgehead atoms. The van der Waals surface area contributed by atoms with Crippen molar-refractivity contribution in [1.29, 1.82) is 0 Å². The van der Waals surface area contributed by atoms with E-state index in [2.05, 4.69) is 4.90 Å². The molecule has 1 saturated carbocycles. The number of hydrogen-bond donors (Lipinski definition) is 1. The summed E-state index contributed by atoms with van der Waals surface area (Å²) in [6.07, 6.45) is 10.4. The van der Waals surface area contributed by atoms with E-state index in [9.17, 15) is 4.79 Å². The van der Waals surface area contributed by atoms with Crippen LogP contribution in [0, 0.1) is 0 Å². The molecule has 0 radical (unpaired) electrons. The van der Waals surface area contributed by atoms with Crippen LogP contribution < -0.4 is 0 Å². The van der Waals surface area contributed by atoms with Gasteiger partial charge in [-0.05, 0) is 19.3 Å². The molecular formula is C12H19NO2. The van der Waals surface area contributed by atoms with Gasteiger partial charge in [-0.25, -0.2) is 4.79 Å². The van der Waals surface area contributed by atoms with Crippen LogP contribution in [0.2, 0.25) is 0 Å². The summed E-state index contributed by atoms with van der Waals surface area (Å²) >= 11 is 0. The highest BCUT2D eigenvalue weighted by Gasteiger charge is 2.24. The zero-order valence-electron chi connectivity index (χ0n) is 9.11. The van der Waals surface area contributed by atoms with E-state index in [0.717, 1.165) is 6.54 Å². The Kier molecular flexibility index (Phi) is 3.29. The molecular weight excluding hydrogens is 190 g/mol. The molecule has 84 valence electrons. The number of aliphatic carboxylic acids is 1. The van der Waals surface area contributed by atoms with E-state index < -0.39 is 5.97 Å². The van der Waals surface area contributed by atoms with Crippen molar-refractivity contribution in [3.8, 4) is 0 Å². The minimum absolute atomic E-state index is 0.583. The van der Waals surface area contributed by atoms with Gasteiger partial charge >= 0.3 is 5.97 Å². The molecule has 0 amide bonds. The predicted molar refractivity (Wildman–Crippen MR) is 58.5 cm³/mol. The Labute approximate surface area is 90.8 Å². The number of carboxylic acids is 1. The van der Waals surface area contributed by atoms with Crippen molar-refractivity contribution in [2.45, 2.75) is 51.0 Å². The molecule has 1 N–H and O–H groups in total. The van der Waals surface area contributed by atoms with Crippen LogP contribution in [0.4, 0.5) is 0 Å². The molecule has 1 aliphatic carbocycles. The lowest BCUT2D eigenvalue weighted by molar-refractivity contribution is -0.132. The average molecular weight is 209 g/mol. The van der Waals surface area contributed by atoms with E-state index in [1.807, 2.05) is 6.20 Å². The van der Waals surface area contributed by atoms with Gasteiger partial charge in [0.1, 0.15) is 0 Å². The van der Waals surface area contributed by atoms with Crippen molar-refractivity contribution < 1.29 is 9.90 Å². The van der Waals surface area contributed by atoms with Crippen LogP contribution >= 0.6 is 0 Å². The Morgan fingerprint density at radius 3 is 2.47 bits per heavy atom. The molecule has 0 aromatic rings. The Morgan fingerprint density at radius 2 is 1.93 bits per heavy atom. The summed E-state index contributed by atoms with van der Waals surface area (Å²) in [5.41, 5.74) is 0.583. The predicted octanol–water partition coefficient (Wildman–Crippen LogP) is 2.38. The van der Waals surface area contributed by atoms with Crippen LogP contribution in [0.15, 0.2) is 11.8 Å². The highest BCUT2D eigenvalue weighted by Crippen LogP contribution is 2.26. The number of rotatable bonds is 2. The van der Waals surface area contributed by atoms with Crippen molar-refractivity contribution in [2.75, 3.05) is 6.54 Å². The molecule has 3 heteroatoms. The summed E-state index contributed by atoms with van der Waals surface area (Å²) in [7, 11) is 0. The smallest absolute Gasteiger partial charge is 0.333 e. The fourth-order valence-electron chi connectivity index (χ4n) is 2.62. The maximum atomic E-state index is 10.8. The second kappa shape index (κ2) is 4.69. The summed E-state index contributed by atoms with van der Waals surface area (Å²) in [5, 5.41) is 8.89. The highest BCUT2D eigenvalue weighted by atomic mass is 16.4. The Morgan fingerprint density at radius 1 is 1.27 bits per heavy atom. The first-order chi connectivity index (χ1) is 7.27. The molecule has 1 fully saturated rings. The molecule has 0 aromatic carbocycles. The maximum Gasteiger partial charge on any atom is 0.333 e. The fraction of sp³-hybridized carbons (Fsp3) is 0.750. The normalized spacial score (nSPS) is 23.7. The third kappa shape index (κ3) is 2.52. The first kappa shape index (κ1) is 10.5. The van der Waals surface area contributed by atoms with Gasteiger partial charge in [0.25, 0.3) is 0 Å². The quantitative estimate of drug-likeness (QED) is 0.710. The van der Waals surface area contributed by atoms with Crippen molar-refractivity contribution >= 4 is 5.97 Å². The van der Waals surface area contributed by atoms with Gasteiger partial charge in [0.15, 0.2) is 0 Å². The molecule has 2 aliphatic rings. The van der Waals surface area contributed by atoms with Crippen molar-refractivity contribution in [3.05, 3.63) is 11.8 Å². The van der Waals surface area contributed by atoms with Crippen LogP contribution in [-0.2, 0) is 4.79 Å². The van der Waals surface area contributed by atoms with E-state index in [0.29, 0.717) is 18.0 Å². The second-order valence-corrected chi connectivity index (χ2v) is 4.59. The first-order valence-electron chi connectivity index (χ1n) is 5.97. The lowest BCUT2D eigenvalue weighted by atomic mass is 10.1. The highest BCUT2D eigenvalue weighted by molar-refractivity contribution is 5.86. The third-order valence-electron chi connectivity index (χ3n) is 3.53. The molecule has 3 nitrogen and oxygen atoms in total. The van der Waals surface area contributed by atoms with Crippen LogP contribution in [0.5, 0.6) is 0 Å². The molecule has 1 aliphatic heterocycles. The molecule has 1 heterocycles. The zero-order valence-corrected chi connectivity index (χ0v) is 9.11. The first-order valence-corrected chi connectivity index (χ1v) is 5.97.